The second-order valence-corrected chi connectivity index (χ2v) is 8.42. The lowest BCUT2D eigenvalue weighted by Crippen LogP contribution is -2.30. The van der Waals surface area contributed by atoms with E-state index in [0.717, 1.165) is 48.4 Å². The molecule has 3 rings (SSSR count). The van der Waals surface area contributed by atoms with Gasteiger partial charge in [0.1, 0.15) is 5.60 Å². The van der Waals surface area contributed by atoms with Crippen molar-refractivity contribution in [2.24, 2.45) is 0 Å². The fourth-order valence-electron chi connectivity index (χ4n) is 4.51. The highest BCUT2D eigenvalue weighted by atomic mass is 16.3. The van der Waals surface area contributed by atoms with E-state index in [0.29, 0.717) is 6.42 Å². The van der Waals surface area contributed by atoms with Crippen LogP contribution in [0.15, 0.2) is 79.4 Å². The summed E-state index contributed by atoms with van der Waals surface area (Å²) in [5.41, 5.74) is 5.21. The quantitative estimate of drug-likeness (QED) is 0.367. The highest BCUT2D eigenvalue weighted by Crippen LogP contribution is 2.35. The molecule has 3 aromatic rings. The average molecular weight is 443 g/mol. The molecule has 174 valence electrons. The largest absolute Gasteiger partial charge is 0.380 e. The van der Waals surface area contributed by atoms with Crippen LogP contribution in [0.5, 0.6) is 0 Å². The van der Waals surface area contributed by atoms with Crippen LogP contribution in [0.25, 0.3) is 6.08 Å². The van der Waals surface area contributed by atoms with Crippen molar-refractivity contribution in [3.8, 4) is 0 Å². The minimum absolute atomic E-state index is 0.500. The molecule has 3 nitrogen and oxygen atoms in total. The lowest BCUT2D eigenvalue weighted by Gasteiger charge is -2.31. The van der Waals surface area contributed by atoms with Crippen molar-refractivity contribution in [2.75, 3.05) is 36.0 Å². The number of anilines is 2. The fourth-order valence-corrected chi connectivity index (χ4v) is 4.51. The Bertz CT molecular complexity index is 943. The van der Waals surface area contributed by atoms with Crippen LogP contribution in [0.2, 0.25) is 0 Å². The average Bonchev–Trinajstić information content (AvgIpc) is 2.87. The van der Waals surface area contributed by atoms with Gasteiger partial charge in [0.25, 0.3) is 0 Å². The van der Waals surface area contributed by atoms with Gasteiger partial charge in [-0.3, -0.25) is 0 Å². The van der Waals surface area contributed by atoms with Crippen molar-refractivity contribution in [1.29, 1.82) is 0 Å². The minimum atomic E-state index is -1.13. The van der Waals surface area contributed by atoms with E-state index in [2.05, 4.69) is 117 Å². The summed E-state index contributed by atoms with van der Waals surface area (Å²) in [5.74, 6) is 0. The predicted octanol–water partition coefficient (Wildman–Crippen LogP) is 6.50. The summed E-state index contributed by atoms with van der Waals surface area (Å²) in [6.07, 6.45) is 2.34. The molecule has 0 unspecified atom stereocenters. The van der Waals surface area contributed by atoms with Crippen LogP contribution in [0.4, 0.5) is 11.4 Å². The van der Waals surface area contributed by atoms with Crippen molar-refractivity contribution >= 4 is 17.5 Å². The number of rotatable bonds is 11. The molecule has 0 fully saturated rings. The molecule has 0 aliphatic heterocycles. The summed E-state index contributed by atoms with van der Waals surface area (Å²) in [6, 6.07) is 25.0. The Morgan fingerprint density at radius 3 is 1.39 bits per heavy atom. The fraction of sp³-hybridized carbons (Fsp3) is 0.333. The molecule has 1 N–H and O–H groups in total. The smallest absolute Gasteiger partial charge is 0.119 e. The number of hydrogen-bond donors (Lipinski definition) is 1. The predicted molar refractivity (Wildman–Crippen MR) is 143 cm³/mol. The van der Waals surface area contributed by atoms with E-state index in [-0.39, 0.29) is 0 Å². The van der Waals surface area contributed by atoms with Crippen LogP contribution in [-0.2, 0) is 12.0 Å². The van der Waals surface area contributed by atoms with Crippen LogP contribution in [0.1, 0.15) is 49.9 Å². The Hall–Kier alpha value is -3.04. The third kappa shape index (κ3) is 5.48. The van der Waals surface area contributed by atoms with Crippen LogP contribution in [-0.4, -0.2) is 31.3 Å². The van der Waals surface area contributed by atoms with Gasteiger partial charge < -0.3 is 14.9 Å². The zero-order chi connectivity index (χ0) is 23.8. The van der Waals surface area contributed by atoms with Crippen LogP contribution in [0.3, 0.4) is 0 Å². The molecular formula is C30H38N2O. The first kappa shape index (κ1) is 24.6. The first-order chi connectivity index (χ1) is 16.0. The number of benzene rings is 3. The van der Waals surface area contributed by atoms with Gasteiger partial charge in [0, 0.05) is 44.0 Å². The molecular weight excluding hydrogens is 404 g/mol. The minimum Gasteiger partial charge on any atom is -0.380 e. The molecule has 0 saturated carbocycles. The highest BCUT2D eigenvalue weighted by molar-refractivity contribution is 5.53. The van der Waals surface area contributed by atoms with Gasteiger partial charge in [-0.15, -0.1) is 0 Å². The summed E-state index contributed by atoms with van der Waals surface area (Å²) in [6.45, 7) is 16.3. The maximum atomic E-state index is 12.2. The Balaban J connectivity index is 2.02. The summed E-state index contributed by atoms with van der Waals surface area (Å²) in [4.78, 5) is 4.63. The van der Waals surface area contributed by atoms with E-state index >= 15 is 0 Å². The van der Waals surface area contributed by atoms with E-state index in [1.54, 1.807) is 0 Å². The Morgan fingerprint density at radius 2 is 1.06 bits per heavy atom. The number of nitrogens with zero attached hydrogens (tertiary/aromatic N) is 2. The van der Waals surface area contributed by atoms with Gasteiger partial charge in [-0.25, -0.2) is 0 Å². The van der Waals surface area contributed by atoms with Gasteiger partial charge in [-0.1, -0.05) is 61.2 Å². The highest BCUT2D eigenvalue weighted by Gasteiger charge is 2.32. The van der Waals surface area contributed by atoms with Crippen molar-refractivity contribution in [2.45, 2.75) is 39.7 Å². The SMILES string of the molecule is C=Cc1ccc(CC(O)(c2ccc(N(CC)CC)cc2)c2ccc(N(CC)CC)cc2)cc1. The van der Waals surface area contributed by atoms with Gasteiger partial charge in [0.15, 0.2) is 0 Å². The van der Waals surface area contributed by atoms with Gasteiger partial charge in [0.05, 0.1) is 0 Å². The van der Waals surface area contributed by atoms with Crippen LogP contribution >= 0.6 is 0 Å². The summed E-state index contributed by atoms with van der Waals surface area (Å²) in [5, 5.41) is 12.2. The van der Waals surface area contributed by atoms with E-state index in [1.165, 1.54) is 11.4 Å². The third-order valence-corrected chi connectivity index (χ3v) is 6.62. The standard InChI is InChI=1S/C30H38N2O/c1-6-24-11-13-25(14-12-24)23-30(33,26-15-19-28(20-16-26)31(7-2)8-3)27-17-21-29(22-18-27)32(9-4)10-5/h6,11-22,33H,1,7-10,23H2,2-5H3. The number of hydrogen-bond acceptors (Lipinski definition) is 3. The van der Waals surface area contributed by atoms with Crippen LogP contribution in [0, 0.1) is 0 Å². The van der Waals surface area contributed by atoms with Crippen LogP contribution < -0.4 is 9.80 Å². The number of aliphatic hydroxyl groups is 1. The Kier molecular flexibility index (Phi) is 8.35. The maximum absolute atomic E-state index is 12.2. The van der Waals surface area contributed by atoms with Gasteiger partial charge in [-0.05, 0) is 74.2 Å². The topological polar surface area (TPSA) is 26.7 Å². The molecule has 33 heavy (non-hydrogen) atoms. The molecule has 3 heteroatoms. The molecule has 3 aromatic carbocycles. The molecule has 0 amide bonds. The molecule has 0 spiro atoms. The molecule has 0 radical (unpaired) electrons. The monoisotopic (exact) mass is 442 g/mol. The molecule has 0 bridgehead atoms. The van der Waals surface area contributed by atoms with Gasteiger partial charge >= 0.3 is 0 Å². The zero-order valence-electron chi connectivity index (χ0n) is 20.6. The first-order valence-corrected chi connectivity index (χ1v) is 12.1. The van der Waals surface area contributed by atoms with E-state index in [9.17, 15) is 5.11 Å². The molecule has 0 aliphatic rings. The summed E-state index contributed by atoms with van der Waals surface area (Å²) in [7, 11) is 0. The summed E-state index contributed by atoms with van der Waals surface area (Å²) >= 11 is 0. The lowest BCUT2D eigenvalue weighted by molar-refractivity contribution is 0.0811. The Labute approximate surface area is 200 Å². The third-order valence-electron chi connectivity index (χ3n) is 6.62. The van der Waals surface area contributed by atoms with Crippen molar-refractivity contribution in [3.05, 3.63) is 102 Å². The van der Waals surface area contributed by atoms with Gasteiger partial charge in [0.2, 0.25) is 0 Å². The molecule has 0 saturated heterocycles. The summed E-state index contributed by atoms with van der Waals surface area (Å²) < 4.78 is 0. The second kappa shape index (κ2) is 11.2. The van der Waals surface area contributed by atoms with E-state index in [1.807, 2.05) is 6.08 Å². The molecule has 0 atom stereocenters. The maximum Gasteiger partial charge on any atom is 0.119 e. The van der Waals surface area contributed by atoms with Gasteiger partial charge in [-0.2, -0.15) is 0 Å². The van der Waals surface area contributed by atoms with E-state index < -0.39 is 5.60 Å². The molecule has 0 heterocycles. The Morgan fingerprint density at radius 1 is 0.667 bits per heavy atom. The first-order valence-electron chi connectivity index (χ1n) is 12.1. The van der Waals surface area contributed by atoms with Crippen molar-refractivity contribution in [3.63, 3.8) is 0 Å². The second-order valence-electron chi connectivity index (χ2n) is 8.42. The molecule has 0 aliphatic carbocycles. The molecule has 0 aromatic heterocycles. The van der Waals surface area contributed by atoms with E-state index in [4.69, 9.17) is 0 Å². The normalized spacial score (nSPS) is 11.3. The van der Waals surface area contributed by atoms with Crippen molar-refractivity contribution < 1.29 is 5.11 Å². The zero-order valence-corrected chi connectivity index (χ0v) is 20.6. The van der Waals surface area contributed by atoms with Crippen molar-refractivity contribution in [1.82, 2.24) is 0 Å². The lowest BCUT2D eigenvalue weighted by atomic mass is 9.81.